The van der Waals surface area contributed by atoms with Gasteiger partial charge in [0.05, 0.1) is 0 Å². The molecule has 23 heavy (non-hydrogen) atoms. The third-order valence-corrected chi connectivity index (χ3v) is 4.41. The summed E-state index contributed by atoms with van der Waals surface area (Å²) in [5.74, 6) is -0.974. The Morgan fingerprint density at radius 2 is 1.87 bits per heavy atom. The standard InChI is InChI=1S/C18H20N2O3/c1-12-6-2-3-11-20(12)18(23)17(22)19-15-9-4-8-14-13(15)7-5-10-16(14)21/h4-5,7-10,12,21H,2-3,6,11H2,1H3,(H,19,22). The Morgan fingerprint density at radius 3 is 2.65 bits per heavy atom. The van der Waals surface area contributed by atoms with Crippen LogP contribution in [0.5, 0.6) is 5.75 Å². The largest absolute Gasteiger partial charge is 0.507 e. The Hall–Kier alpha value is -2.56. The Bertz CT molecular complexity index is 757. The minimum absolute atomic E-state index is 0.0959. The topological polar surface area (TPSA) is 69.6 Å². The van der Waals surface area contributed by atoms with Gasteiger partial charge in [0, 0.05) is 29.0 Å². The highest BCUT2D eigenvalue weighted by molar-refractivity contribution is 6.40. The molecule has 1 heterocycles. The Morgan fingerprint density at radius 1 is 1.13 bits per heavy atom. The average Bonchev–Trinajstić information content (AvgIpc) is 2.55. The number of carbonyl (C=O) groups is 2. The molecule has 120 valence electrons. The molecular weight excluding hydrogens is 292 g/mol. The van der Waals surface area contributed by atoms with Crippen LogP contribution in [-0.2, 0) is 9.59 Å². The molecule has 0 aliphatic carbocycles. The van der Waals surface area contributed by atoms with Gasteiger partial charge in [0.25, 0.3) is 0 Å². The van der Waals surface area contributed by atoms with E-state index in [2.05, 4.69) is 5.32 Å². The van der Waals surface area contributed by atoms with Crippen LogP contribution in [0.15, 0.2) is 36.4 Å². The van der Waals surface area contributed by atoms with Gasteiger partial charge in [-0.15, -0.1) is 0 Å². The first-order valence-corrected chi connectivity index (χ1v) is 7.90. The van der Waals surface area contributed by atoms with Crippen LogP contribution in [0.25, 0.3) is 10.8 Å². The molecule has 0 aromatic heterocycles. The van der Waals surface area contributed by atoms with Gasteiger partial charge in [-0.3, -0.25) is 9.59 Å². The van der Waals surface area contributed by atoms with E-state index in [1.165, 1.54) is 0 Å². The number of piperidine rings is 1. The summed E-state index contributed by atoms with van der Waals surface area (Å²) < 4.78 is 0. The zero-order chi connectivity index (χ0) is 16.4. The number of fused-ring (bicyclic) bond motifs is 1. The van der Waals surface area contributed by atoms with Gasteiger partial charge in [-0.05, 0) is 38.3 Å². The number of aromatic hydroxyl groups is 1. The number of nitrogens with one attached hydrogen (secondary N) is 1. The summed E-state index contributed by atoms with van der Waals surface area (Å²) in [5.41, 5.74) is 0.529. The fourth-order valence-electron chi connectivity index (χ4n) is 3.11. The molecule has 2 amide bonds. The Labute approximate surface area is 134 Å². The van der Waals surface area contributed by atoms with Gasteiger partial charge in [0.1, 0.15) is 5.75 Å². The van der Waals surface area contributed by atoms with Crippen LogP contribution in [0.2, 0.25) is 0 Å². The number of rotatable bonds is 1. The first-order chi connectivity index (χ1) is 11.1. The fraction of sp³-hybridized carbons (Fsp3) is 0.333. The second kappa shape index (κ2) is 6.28. The summed E-state index contributed by atoms with van der Waals surface area (Å²) in [4.78, 5) is 26.3. The second-order valence-electron chi connectivity index (χ2n) is 5.98. The van der Waals surface area contributed by atoms with Crippen LogP contribution in [-0.4, -0.2) is 34.4 Å². The van der Waals surface area contributed by atoms with Gasteiger partial charge in [-0.2, -0.15) is 0 Å². The van der Waals surface area contributed by atoms with Crippen molar-refractivity contribution in [2.75, 3.05) is 11.9 Å². The lowest BCUT2D eigenvalue weighted by Crippen LogP contribution is -2.47. The van der Waals surface area contributed by atoms with Crippen LogP contribution in [0.1, 0.15) is 26.2 Å². The first-order valence-electron chi connectivity index (χ1n) is 7.90. The van der Waals surface area contributed by atoms with E-state index in [1.807, 2.05) is 6.92 Å². The number of anilines is 1. The first kappa shape index (κ1) is 15.3. The highest BCUT2D eigenvalue weighted by Gasteiger charge is 2.28. The Kier molecular flexibility index (Phi) is 4.19. The van der Waals surface area contributed by atoms with E-state index in [0.29, 0.717) is 23.0 Å². The lowest BCUT2D eigenvalue weighted by atomic mass is 10.0. The van der Waals surface area contributed by atoms with Crippen molar-refractivity contribution in [2.45, 2.75) is 32.2 Å². The Balaban J connectivity index is 1.83. The van der Waals surface area contributed by atoms with Crippen LogP contribution in [0.4, 0.5) is 5.69 Å². The molecule has 5 heteroatoms. The van der Waals surface area contributed by atoms with Crippen molar-refractivity contribution in [1.29, 1.82) is 0 Å². The smallest absolute Gasteiger partial charge is 0.313 e. The molecule has 5 nitrogen and oxygen atoms in total. The number of likely N-dealkylation sites (tertiary alicyclic amines) is 1. The SMILES string of the molecule is CC1CCCCN1C(=O)C(=O)Nc1cccc2c(O)cccc12. The van der Waals surface area contributed by atoms with E-state index in [-0.39, 0.29) is 11.8 Å². The summed E-state index contributed by atoms with van der Waals surface area (Å²) >= 11 is 0. The van der Waals surface area contributed by atoms with Crippen molar-refractivity contribution in [3.8, 4) is 5.75 Å². The zero-order valence-corrected chi connectivity index (χ0v) is 13.1. The number of hydrogen-bond acceptors (Lipinski definition) is 3. The number of nitrogens with zero attached hydrogens (tertiary/aromatic N) is 1. The maximum Gasteiger partial charge on any atom is 0.313 e. The third-order valence-electron chi connectivity index (χ3n) is 4.41. The number of benzene rings is 2. The van der Waals surface area contributed by atoms with E-state index in [1.54, 1.807) is 41.3 Å². The molecule has 0 saturated carbocycles. The molecule has 1 saturated heterocycles. The molecule has 1 aliphatic heterocycles. The van der Waals surface area contributed by atoms with E-state index >= 15 is 0 Å². The lowest BCUT2D eigenvalue weighted by molar-refractivity contribution is -0.145. The number of phenols is 1. The predicted octanol–water partition coefficient (Wildman–Crippen LogP) is 2.88. The van der Waals surface area contributed by atoms with Crippen molar-refractivity contribution < 1.29 is 14.7 Å². The van der Waals surface area contributed by atoms with Gasteiger partial charge in [0.15, 0.2) is 0 Å². The predicted molar refractivity (Wildman–Crippen MR) is 89.3 cm³/mol. The summed E-state index contributed by atoms with van der Waals surface area (Å²) in [6, 6.07) is 10.4. The summed E-state index contributed by atoms with van der Waals surface area (Å²) in [5, 5.41) is 13.9. The highest BCUT2D eigenvalue weighted by Crippen LogP contribution is 2.29. The average molecular weight is 312 g/mol. The van der Waals surface area contributed by atoms with Gasteiger partial charge >= 0.3 is 11.8 Å². The van der Waals surface area contributed by atoms with E-state index < -0.39 is 11.8 Å². The van der Waals surface area contributed by atoms with Crippen LogP contribution in [0, 0.1) is 0 Å². The van der Waals surface area contributed by atoms with Crippen molar-refractivity contribution >= 4 is 28.3 Å². The molecule has 1 aliphatic rings. The van der Waals surface area contributed by atoms with Gasteiger partial charge < -0.3 is 15.3 Å². The van der Waals surface area contributed by atoms with Gasteiger partial charge in [-0.1, -0.05) is 24.3 Å². The molecule has 2 aromatic carbocycles. The van der Waals surface area contributed by atoms with Crippen molar-refractivity contribution in [2.24, 2.45) is 0 Å². The van der Waals surface area contributed by atoms with Crippen LogP contribution in [0.3, 0.4) is 0 Å². The molecule has 2 aromatic rings. The van der Waals surface area contributed by atoms with Crippen molar-refractivity contribution in [1.82, 2.24) is 4.90 Å². The zero-order valence-electron chi connectivity index (χ0n) is 13.1. The van der Waals surface area contributed by atoms with E-state index in [0.717, 1.165) is 19.3 Å². The van der Waals surface area contributed by atoms with Gasteiger partial charge in [0.2, 0.25) is 0 Å². The normalized spacial score (nSPS) is 18.0. The number of hydrogen-bond donors (Lipinski definition) is 2. The molecular formula is C18H20N2O3. The molecule has 1 unspecified atom stereocenters. The van der Waals surface area contributed by atoms with Crippen molar-refractivity contribution in [3.05, 3.63) is 36.4 Å². The maximum atomic E-state index is 12.4. The summed E-state index contributed by atoms with van der Waals surface area (Å²) in [6.07, 6.45) is 2.96. The molecule has 1 fully saturated rings. The van der Waals surface area contributed by atoms with Gasteiger partial charge in [-0.25, -0.2) is 0 Å². The minimum atomic E-state index is -0.630. The quantitative estimate of drug-likeness (QED) is 0.796. The number of carbonyl (C=O) groups excluding carboxylic acids is 2. The van der Waals surface area contributed by atoms with Crippen LogP contribution < -0.4 is 5.32 Å². The van der Waals surface area contributed by atoms with E-state index in [9.17, 15) is 14.7 Å². The maximum absolute atomic E-state index is 12.4. The molecule has 2 N–H and O–H groups in total. The summed E-state index contributed by atoms with van der Waals surface area (Å²) in [6.45, 7) is 2.60. The highest BCUT2D eigenvalue weighted by atomic mass is 16.3. The molecule has 3 rings (SSSR count). The minimum Gasteiger partial charge on any atom is -0.507 e. The monoisotopic (exact) mass is 312 g/mol. The molecule has 0 bridgehead atoms. The number of amides is 2. The van der Waals surface area contributed by atoms with Crippen molar-refractivity contribution in [3.63, 3.8) is 0 Å². The van der Waals surface area contributed by atoms with E-state index in [4.69, 9.17) is 0 Å². The second-order valence-corrected chi connectivity index (χ2v) is 5.98. The third kappa shape index (κ3) is 2.99. The van der Waals surface area contributed by atoms with Crippen LogP contribution >= 0.6 is 0 Å². The number of phenolic OH excluding ortho intramolecular Hbond substituents is 1. The lowest BCUT2D eigenvalue weighted by Gasteiger charge is -2.32. The molecule has 0 spiro atoms. The molecule has 0 radical (unpaired) electrons. The summed E-state index contributed by atoms with van der Waals surface area (Å²) in [7, 11) is 0. The molecule has 1 atom stereocenters. The fourth-order valence-corrected chi connectivity index (χ4v) is 3.11.